The molecular weight excluding hydrogens is 317 g/mol. The summed E-state index contributed by atoms with van der Waals surface area (Å²) >= 11 is 0. The van der Waals surface area contributed by atoms with E-state index in [1.54, 1.807) is 24.3 Å². The van der Waals surface area contributed by atoms with Gasteiger partial charge in [0.2, 0.25) is 0 Å². The highest BCUT2D eigenvalue weighted by Crippen LogP contribution is 2.07. The van der Waals surface area contributed by atoms with E-state index in [0.717, 1.165) is 23.7 Å². The molecule has 0 heterocycles. The second kappa shape index (κ2) is 9.29. The van der Waals surface area contributed by atoms with Crippen LogP contribution >= 0.6 is 0 Å². The van der Waals surface area contributed by atoms with Gasteiger partial charge in [0, 0.05) is 12.0 Å². The molecule has 0 radical (unpaired) electrons. The van der Waals surface area contributed by atoms with Crippen molar-refractivity contribution in [1.29, 1.82) is 0 Å². The fourth-order valence-electron chi connectivity index (χ4n) is 1.48. The minimum atomic E-state index is -6.00. The highest BCUT2D eigenvalue weighted by Gasteiger charge is 2.20. The van der Waals surface area contributed by atoms with Crippen LogP contribution < -0.4 is 0 Å². The molecule has 0 aliphatic heterocycles. The van der Waals surface area contributed by atoms with E-state index in [0.29, 0.717) is 17.7 Å². The maximum atomic E-state index is 11.7. The van der Waals surface area contributed by atoms with Gasteiger partial charge in [0.05, 0.1) is 39.9 Å². The summed E-state index contributed by atoms with van der Waals surface area (Å²) in [6.07, 6.45) is 1.58. The van der Waals surface area contributed by atoms with Gasteiger partial charge in [-0.15, -0.1) is 0 Å². The van der Waals surface area contributed by atoms with E-state index < -0.39 is 7.25 Å². The second-order valence-corrected chi connectivity index (χ2v) is 5.74. The Balaban J connectivity index is 0.000000841. The van der Waals surface area contributed by atoms with Gasteiger partial charge in [-0.2, -0.15) is 0 Å². The van der Waals surface area contributed by atoms with Crippen molar-refractivity contribution >= 4 is 19.5 Å². The summed E-state index contributed by atoms with van der Waals surface area (Å²) in [5, 5.41) is 0. The molecule has 4 nitrogen and oxygen atoms in total. The average molecular weight is 337 g/mol. The Morgan fingerprint density at radius 3 is 2.00 bits per heavy atom. The summed E-state index contributed by atoms with van der Waals surface area (Å²) in [4.78, 5) is 22.1. The first-order valence-corrected chi connectivity index (χ1v) is 6.82. The number of carbonyl (C=O) groups is 2. The third-order valence-corrected chi connectivity index (χ3v) is 2.49. The van der Waals surface area contributed by atoms with Crippen molar-refractivity contribution in [1.82, 2.24) is 0 Å². The van der Waals surface area contributed by atoms with Gasteiger partial charge in [0.25, 0.3) is 0 Å². The number of nitrogens with zero attached hydrogens (tertiary/aromatic N) is 1. The van der Waals surface area contributed by atoms with Crippen LogP contribution in [0.25, 0.3) is 0 Å². The molecule has 0 bridgehead atoms. The molecule has 0 amide bonds. The molecule has 1 aromatic rings. The number of rotatable bonds is 6. The second-order valence-electron chi connectivity index (χ2n) is 5.74. The van der Waals surface area contributed by atoms with E-state index in [1.807, 2.05) is 0 Å². The van der Waals surface area contributed by atoms with Gasteiger partial charge < -0.3 is 26.5 Å². The number of ether oxygens (including phenoxy) is 1. The lowest BCUT2D eigenvalue weighted by atomic mass is 10.1. The summed E-state index contributed by atoms with van der Waals surface area (Å²) in [6, 6.07) is 6.42. The van der Waals surface area contributed by atoms with E-state index in [-0.39, 0.29) is 5.97 Å². The van der Waals surface area contributed by atoms with Gasteiger partial charge in [-0.25, -0.2) is 4.79 Å². The fourth-order valence-corrected chi connectivity index (χ4v) is 1.48. The summed E-state index contributed by atoms with van der Waals surface area (Å²) in [6.45, 7) is 1.38. The van der Waals surface area contributed by atoms with Crippen molar-refractivity contribution in [2.45, 2.75) is 6.42 Å². The van der Waals surface area contributed by atoms with Crippen LogP contribution in [0.5, 0.6) is 0 Å². The van der Waals surface area contributed by atoms with Crippen molar-refractivity contribution < 1.29 is 36.1 Å². The third-order valence-electron chi connectivity index (χ3n) is 2.49. The van der Waals surface area contributed by atoms with Gasteiger partial charge >= 0.3 is 13.2 Å². The Hall–Kier alpha value is -1.90. The number of halogens is 4. The van der Waals surface area contributed by atoms with Crippen molar-refractivity contribution in [3.63, 3.8) is 0 Å². The third kappa shape index (κ3) is 13.5. The minimum Gasteiger partial charge on any atom is -0.462 e. The van der Waals surface area contributed by atoms with Crippen molar-refractivity contribution in [3.05, 3.63) is 35.4 Å². The van der Waals surface area contributed by atoms with Crippen LogP contribution in [0.4, 0.5) is 17.3 Å². The van der Waals surface area contributed by atoms with Gasteiger partial charge in [-0.05, 0) is 12.1 Å². The van der Waals surface area contributed by atoms with Crippen molar-refractivity contribution in [2.75, 3.05) is 34.3 Å². The molecule has 130 valence electrons. The number of esters is 1. The van der Waals surface area contributed by atoms with Crippen LogP contribution in [0.3, 0.4) is 0 Å². The predicted molar refractivity (Wildman–Crippen MR) is 79.8 cm³/mol. The Labute approximate surface area is 132 Å². The zero-order valence-electron chi connectivity index (χ0n) is 13.3. The largest absolute Gasteiger partial charge is 0.673 e. The Morgan fingerprint density at radius 1 is 1.13 bits per heavy atom. The SMILES string of the molecule is C[N+](C)(C)CCCOC(=O)c1ccc(C=O)cc1.F[B-](F)(F)F. The van der Waals surface area contributed by atoms with E-state index in [4.69, 9.17) is 4.74 Å². The Bertz CT molecular complexity index is 492. The fraction of sp³-hybridized carbons (Fsp3) is 0.429. The van der Waals surface area contributed by atoms with E-state index in [9.17, 15) is 26.9 Å². The van der Waals surface area contributed by atoms with Crippen LogP contribution in [-0.2, 0) is 4.74 Å². The number of carbonyl (C=O) groups excluding carboxylic acids is 2. The van der Waals surface area contributed by atoms with E-state index in [1.165, 1.54) is 0 Å². The van der Waals surface area contributed by atoms with E-state index in [2.05, 4.69) is 21.1 Å². The monoisotopic (exact) mass is 337 g/mol. The summed E-state index contributed by atoms with van der Waals surface area (Å²) in [5.41, 5.74) is 1.03. The number of benzene rings is 1. The summed E-state index contributed by atoms with van der Waals surface area (Å²) in [7, 11) is 0.292. The summed E-state index contributed by atoms with van der Waals surface area (Å²) < 4.78 is 45.0. The zero-order valence-corrected chi connectivity index (χ0v) is 13.3. The molecule has 0 N–H and O–H groups in total. The highest BCUT2D eigenvalue weighted by molar-refractivity contribution is 6.50. The molecule has 1 rings (SSSR count). The topological polar surface area (TPSA) is 43.4 Å². The average Bonchev–Trinajstić information content (AvgIpc) is 2.40. The number of quaternary nitrogens is 1. The molecule has 0 fully saturated rings. The smallest absolute Gasteiger partial charge is 0.462 e. The summed E-state index contributed by atoms with van der Waals surface area (Å²) in [5.74, 6) is -0.339. The van der Waals surface area contributed by atoms with Gasteiger partial charge in [-0.1, -0.05) is 12.1 Å². The first kappa shape index (κ1) is 21.1. The number of hydrogen-bond acceptors (Lipinski definition) is 3. The lowest BCUT2D eigenvalue weighted by molar-refractivity contribution is -0.870. The quantitative estimate of drug-likeness (QED) is 0.200. The number of hydrogen-bond donors (Lipinski definition) is 0. The standard InChI is InChI=1S/C14H20NO3.BF4/c1-15(2,3)9-4-10-18-14(17)13-7-5-12(11-16)6-8-13;2-1(3,4)5/h5-8,11H,4,9-10H2,1-3H3;/q+1;-1. The molecule has 9 heteroatoms. The van der Waals surface area contributed by atoms with Crippen molar-refractivity contribution in [3.8, 4) is 0 Å². The Kier molecular flexibility index (Phi) is 8.52. The molecule has 1 aromatic carbocycles. The lowest BCUT2D eigenvalue weighted by Crippen LogP contribution is -2.35. The molecule has 0 aliphatic carbocycles. The van der Waals surface area contributed by atoms with Crippen molar-refractivity contribution in [2.24, 2.45) is 0 Å². The van der Waals surface area contributed by atoms with Gasteiger partial charge in [-0.3, -0.25) is 4.79 Å². The molecule has 0 unspecified atom stereocenters. The molecule has 0 aliphatic rings. The van der Waals surface area contributed by atoms with Crippen LogP contribution in [0, 0.1) is 0 Å². The first-order chi connectivity index (χ1) is 10.4. The maximum Gasteiger partial charge on any atom is 0.673 e. The Morgan fingerprint density at radius 2 is 1.61 bits per heavy atom. The number of aldehydes is 1. The minimum absolute atomic E-state index is 0.339. The predicted octanol–water partition coefficient (Wildman–Crippen LogP) is 3.05. The molecule has 0 spiro atoms. The molecule has 0 aromatic heterocycles. The van der Waals surface area contributed by atoms with Crippen LogP contribution in [-0.4, -0.2) is 58.3 Å². The van der Waals surface area contributed by atoms with Gasteiger partial charge in [0.15, 0.2) is 0 Å². The molecule has 0 saturated heterocycles. The van der Waals surface area contributed by atoms with Crippen LogP contribution in [0.2, 0.25) is 0 Å². The molecule has 0 atom stereocenters. The lowest BCUT2D eigenvalue weighted by Gasteiger charge is -2.23. The van der Waals surface area contributed by atoms with Crippen LogP contribution in [0.1, 0.15) is 27.1 Å². The van der Waals surface area contributed by atoms with Crippen LogP contribution in [0.15, 0.2) is 24.3 Å². The highest BCUT2D eigenvalue weighted by atomic mass is 19.5. The van der Waals surface area contributed by atoms with E-state index >= 15 is 0 Å². The van der Waals surface area contributed by atoms with Gasteiger partial charge in [0.1, 0.15) is 6.29 Å². The maximum absolute atomic E-state index is 11.7. The first-order valence-electron chi connectivity index (χ1n) is 6.82. The molecule has 23 heavy (non-hydrogen) atoms. The zero-order chi connectivity index (χ0) is 18.1. The normalized spacial score (nSPS) is 11.3. The molecule has 0 saturated carbocycles. The molecular formula is C14H20BF4NO3.